The number of nitrogens with one attached hydrogen (secondary N) is 1. The van der Waals surface area contributed by atoms with Crippen LogP contribution >= 0.6 is 0 Å². The van der Waals surface area contributed by atoms with Crippen molar-refractivity contribution in [2.24, 2.45) is 0 Å². The zero-order valence-corrected chi connectivity index (χ0v) is 14.1. The molecule has 0 unspecified atom stereocenters. The molecule has 26 heavy (non-hydrogen) atoms. The standard InChI is InChI=1S/C21H18N2O3/c24-19(16-4-2-1-3-5-16)17-8-6-14(7-9-17)12-23-13-18(15-10-11-15)20(25)22-21(23)26/h1-9,13,15H,10-12H2,(H,22,25,26). The number of carbonyl (C=O) groups excluding carboxylic acids is 1. The summed E-state index contributed by atoms with van der Waals surface area (Å²) in [6.07, 6.45) is 3.66. The van der Waals surface area contributed by atoms with Crippen LogP contribution in [0.5, 0.6) is 0 Å². The Labute approximate surface area is 149 Å². The number of aromatic amines is 1. The van der Waals surface area contributed by atoms with Crippen LogP contribution in [0.1, 0.15) is 45.8 Å². The van der Waals surface area contributed by atoms with Crippen LogP contribution in [0.4, 0.5) is 0 Å². The van der Waals surface area contributed by atoms with E-state index >= 15 is 0 Å². The maximum Gasteiger partial charge on any atom is 0.328 e. The SMILES string of the molecule is O=C(c1ccccc1)c1ccc(Cn2cc(C3CC3)c(=O)[nH]c2=O)cc1. The Morgan fingerprint density at radius 2 is 1.62 bits per heavy atom. The molecule has 4 rings (SSSR count). The van der Waals surface area contributed by atoms with Crippen molar-refractivity contribution in [3.63, 3.8) is 0 Å². The van der Waals surface area contributed by atoms with Crippen LogP contribution in [0.15, 0.2) is 70.4 Å². The van der Waals surface area contributed by atoms with Gasteiger partial charge in [0.25, 0.3) is 5.56 Å². The Morgan fingerprint density at radius 3 is 2.27 bits per heavy atom. The van der Waals surface area contributed by atoms with E-state index in [4.69, 9.17) is 0 Å². The fourth-order valence-electron chi connectivity index (χ4n) is 3.04. The van der Waals surface area contributed by atoms with E-state index in [0.29, 0.717) is 23.2 Å². The summed E-state index contributed by atoms with van der Waals surface area (Å²) in [4.78, 5) is 38.8. The van der Waals surface area contributed by atoms with Gasteiger partial charge < -0.3 is 0 Å². The summed E-state index contributed by atoms with van der Waals surface area (Å²) in [5, 5.41) is 0. The summed E-state index contributed by atoms with van der Waals surface area (Å²) in [6.45, 7) is 0.356. The topological polar surface area (TPSA) is 71.9 Å². The van der Waals surface area contributed by atoms with E-state index in [0.717, 1.165) is 18.4 Å². The highest BCUT2D eigenvalue weighted by atomic mass is 16.2. The predicted molar refractivity (Wildman–Crippen MR) is 98.7 cm³/mol. The summed E-state index contributed by atoms with van der Waals surface area (Å²) >= 11 is 0. The minimum Gasteiger partial charge on any atom is -0.296 e. The molecule has 1 aromatic heterocycles. The molecule has 130 valence electrons. The number of ketones is 1. The molecule has 0 saturated heterocycles. The first-order valence-corrected chi connectivity index (χ1v) is 8.64. The van der Waals surface area contributed by atoms with Gasteiger partial charge in [0.1, 0.15) is 0 Å². The fraction of sp³-hybridized carbons (Fsp3) is 0.190. The van der Waals surface area contributed by atoms with Gasteiger partial charge in [0, 0.05) is 22.9 Å². The molecule has 5 nitrogen and oxygen atoms in total. The van der Waals surface area contributed by atoms with Gasteiger partial charge in [-0.3, -0.25) is 19.1 Å². The molecule has 0 atom stereocenters. The zero-order chi connectivity index (χ0) is 18.1. The maximum atomic E-state index is 12.4. The van der Waals surface area contributed by atoms with Crippen LogP contribution in [0.2, 0.25) is 0 Å². The molecule has 0 spiro atoms. The number of nitrogens with zero attached hydrogens (tertiary/aromatic N) is 1. The van der Waals surface area contributed by atoms with Gasteiger partial charge >= 0.3 is 5.69 Å². The Balaban J connectivity index is 1.57. The van der Waals surface area contributed by atoms with Gasteiger partial charge in [-0.25, -0.2) is 4.79 Å². The number of benzene rings is 2. The second-order valence-electron chi connectivity index (χ2n) is 6.64. The van der Waals surface area contributed by atoms with Crippen LogP contribution in [0, 0.1) is 0 Å². The van der Waals surface area contributed by atoms with Gasteiger partial charge in [0.05, 0.1) is 6.54 Å². The first-order chi connectivity index (χ1) is 12.6. The van der Waals surface area contributed by atoms with Gasteiger partial charge in [0.2, 0.25) is 0 Å². The Morgan fingerprint density at radius 1 is 0.962 bits per heavy atom. The third-order valence-corrected chi connectivity index (χ3v) is 4.66. The molecule has 0 bridgehead atoms. The molecule has 0 radical (unpaired) electrons. The van der Waals surface area contributed by atoms with Gasteiger partial charge in [0.15, 0.2) is 5.78 Å². The van der Waals surface area contributed by atoms with Gasteiger partial charge in [-0.05, 0) is 24.3 Å². The van der Waals surface area contributed by atoms with Crippen molar-refractivity contribution in [3.8, 4) is 0 Å². The normalized spacial score (nSPS) is 13.5. The minimum atomic E-state index is -0.413. The molecule has 1 saturated carbocycles. The lowest BCUT2D eigenvalue weighted by Gasteiger charge is -2.08. The van der Waals surface area contributed by atoms with Crippen LogP contribution in [-0.4, -0.2) is 15.3 Å². The molecule has 1 aliphatic rings. The quantitative estimate of drug-likeness (QED) is 0.722. The third-order valence-electron chi connectivity index (χ3n) is 4.66. The number of H-pyrrole nitrogens is 1. The van der Waals surface area contributed by atoms with E-state index in [2.05, 4.69) is 4.98 Å². The molecule has 0 amide bonds. The monoisotopic (exact) mass is 346 g/mol. The molecule has 0 aliphatic heterocycles. The van der Waals surface area contributed by atoms with Gasteiger partial charge in [-0.15, -0.1) is 0 Å². The largest absolute Gasteiger partial charge is 0.328 e. The lowest BCUT2D eigenvalue weighted by Crippen LogP contribution is -2.31. The van der Waals surface area contributed by atoms with Gasteiger partial charge in [-0.1, -0.05) is 54.6 Å². The molecule has 1 heterocycles. The Kier molecular flexibility index (Phi) is 4.13. The summed E-state index contributed by atoms with van der Waals surface area (Å²) in [6, 6.07) is 16.3. The van der Waals surface area contributed by atoms with E-state index in [9.17, 15) is 14.4 Å². The molecule has 1 fully saturated rings. The minimum absolute atomic E-state index is 0.0330. The number of rotatable bonds is 5. The second-order valence-corrected chi connectivity index (χ2v) is 6.64. The third kappa shape index (κ3) is 3.28. The van der Waals surface area contributed by atoms with E-state index in [1.807, 2.05) is 30.3 Å². The average molecular weight is 346 g/mol. The molecule has 3 aromatic rings. The highest BCUT2D eigenvalue weighted by Crippen LogP contribution is 2.37. The predicted octanol–water partition coefficient (Wildman–Crippen LogP) is 2.69. The van der Waals surface area contributed by atoms with E-state index in [1.165, 1.54) is 4.57 Å². The first kappa shape index (κ1) is 16.3. The fourth-order valence-corrected chi connectivity index (χ4v) is 3.04. The molecule has 1 N–H and O–H groups in total. The van der Waals surface area contributed by atoms with Crippen LogP contribution in [0.25, 0.3) is 0 Å². The van der Waals surface area contributed by atoms with Gasteiger partial charge in [-0.2, -0.15) is 0 Å². The van der Waals surface area contributed by atoms with Crippen molar-refractivity contribution in [2.45, 2.75) is 25.3 Å². The van der Waals surface area contributed by atoms with Crippen molar-refractivity contribution < 1.29 is 4.79 Å². The van der Waals surface area contributed by atoms with Crippen molar-refractivity contribution in [1.29, 1.82) is 0 Å². The smallest absolute Gasteiger partial charge is 0.296 e. The molecular weight excluding hydrogens is 328 g/mol. The molecule has 5 heteroatoms. The summed E-state index contributed by atoms with van der Waals surface area (Å²) < 4.78 is 1.52. The summed E-state index contributed by atoms with van der Waals surface area (Å²) in [5.74, 6) is 0.242. The first-order valence-electron chi connectivity index (χ1n) is 8.64. The van der Waals surface area contributed by atoms with Crippen LogP contribution in [-0.2, 0) is 6.54 Å². The lowest BCUT2D eigenvalue weighted by molar-refractivity contribution is 0.103. The average Bonchev–Trinajstić information content (AvgIpc) is 3.50. The number of hydrogen-bond acceptors (Lipinski definition) is 3. The maximum absolute atomic E-state index is 12.4. The molecule has 2 aromatic carbocycles. The number of hydrogen-bond donors (Lipinski definition) is 1. The highest BCUT2D eigenvalue weighted by molar-refractivity contribution is 6.08. The van der Waals surface area contributed by atoms with Crippen LogP contribution in [0.3, 0.4) is 0 Å². The molecular formula is C21H18N2O3. The van der Waals surface area contributed by atoms with E-state index < -0.39 is 5.69 Å². The lowest BCUT2D eigenvalue weighted by atomic mass is 10.0. The zero-order valence-electron chi connectivity index (χ0n) is 14.1. The van der Waals surface area contributed by atoms with Crippen molar-refractivity contribution in [1.82, 2.24) is 9.55 Å². The number of aromatic nitrogens is 2. The van der Waals surface area contributed by atoms with Crippen molar-refractivity contribution >= 4 is 5.78 Å². The second kappa shape index (κ2) is 6.59. The molecule has 1 aliphatic carbocycles. The number of carbonyl (C=O) groups is 1. The Hall–Kier alpha value is -3.21. The van der Waals surface area contributed by atoms with Crippen LogP contribution < -0.4 is 11.2 Å². The van der Waals surface area contributed by atoms with E-state index in [-0.39, 0.29) is 17.3 Å². The van der Waals surface area contributed by atoms with E-state index in [1.54, 1.807) is 30.5 Å². The van der Waals surface area contributed by atoms with Crippen molar-refractivity contribution in [2.75, 3.05) is 0 Å². The summed E-state index contributed by atoms with van der Waals surface area (Å²) in [5.41, 5.74) is 2.13. The van der Waals surface area contributed by atoms with Crippen molar-refractivity contribution in [3.05, 3.63) is 104 Å². The summed E-state index contributed by atoms with van der Waals surface area (Å²) in [7, 11) is 0. The highest BCUT2D eigenvalue weighted by Gasteiger charge is 2.27. The Bertz CT molecular complexity index is 1060.